The number of aliphatic imine (C=N–C) groups is 1. The summed E-state index contributed by atoms with van der Waals surface area (Å²) in [6, 6.07) is 5.40. The molecule has 1 aromatic heterocycles. The van der Waals surface area contributed by atoms with Crippen molar-refractivity contribution in [3.8, 4) is 11.5 Å². The fourth-order valence-electron chi connectivity index (χ4n) is 2.24. The van der Waals surface area contributed by atoms with Gasteiger partial charge in [-0.05, 0) is 12.1 Å². The minimum absolute atomic E-state index is 0.130. The molecule has 1 aliphatic heterocycles. The highest BCUT2D eigenvalue weighted by Gasteiger charge is 2.33. The molecule has 0 bridgehead atoms. The lowest BCUT2D eigenvalue weighted by Crippen LogP contribution is -2.30. The number of hydrogen-bond donors (Lipinski definition) is 2. The molecule has 0 atom stereocenters. The van der Waals surface area contributed by atoms with Gasteiger partial charge in [-0.25, -0.2) is 4.98 Å². The molecule has 10 heteroatoms. The molecule has 1 aromatic carbocycles. The first-order valence-electron chi connectivity index (χ1n) is 7.84. The van der Waals surface area contributed by atoms with Gasteiger partial charge in [0.05, 0.1) is 19.8 Å². The van der Waals surface area contributed by atoms with Crippen molar-refractivity contribution in [2.45, 2.75) is 19.1 Å². The zero-order valence-corrected chi connectivity index (χ0v) is 14.7. The Morgan fingerprint density at radius 1 is 1.27 bits per heavy atom. The van der Waals surface area contributed by atoms with Gasteiger partial charge in [0.25, 0.3) is 0 Å². The standard InChI is InChI=1S/C16H17F3N4O2S/c1-20-15(21-8-14-23-13(9-26-14)16(17,18)19)22-10-3-4-11-12(7-10)25-6-2-5-24-11/h3-4,7,9H,2,5-6,8H2,1H3,(H2,20,21,22). The summed E-state index contributed by atoms with van der Waals surface area (Å²) in [6.07, 6.45) is -3.62. The molecular weight excluding hydrogens is 369 g/mol. The minimum atomic E-state index is -4.43. The normalized spacial score (nSPS) is 14.7. The molecule has 26 heavy (non-hydrogen) atoms. The van der Waals surface area contributed by atoms with Crippen LogP contribution in [0.25, 0.3) is 0 Å². The molecule has 0 radical (unpaired) electrons. The van der Waals surface area contributed by atoms with Crippen LogP contribution in [-0.4, -0.2) is 31.2 Å². The summed E-state index contributed by atoms with van der Waals surface area (Å²) in [5.74, 6) is 1.72. The molecule has 0 spiro atoms. The summed E-state index contributed by atoms with van der Waals surface area (Å²) in [5.41, 5.74) is -0.164. The van der Waals surface area contributed by atoms with Gasteiger partial charge in [0.2, 0.25) is 0 Å². The van der Waals surface area contributed by atoms with Gasteiger partial charge in [-0.15, -0.1) is 11.3 Å². The van der Waals surface area contributed by atoms with Crippen molar-refractivity contribution in [3.05, 3.63) is 34.3 Å². The van der Waals surface area contributed by atoms with Crippen molar-refractivity contribution in [2.24, 2.45) is 4.99 Å². The summed E-state index contributed by atoms with van der Waals surface area (Å²) < 4.78 is 49.0. The molecule has 0 aliphatic carbocycles. The molecule has 6 nitrogen and oxygen atoms in total. The van der Waals surface area contributed by atoms with Gasteiger partial charge in [0.15, 0.2) is 23.2 Å². The summed E-state index contributed by atoms with van der Waals surface area (Å²) >= 11 is 0.943. The third-order valence-electron chi connectivity index (χ3n) is 3.48. The quantitative estimate of drug-likeness (QED) is 0.624. The Balaban J connectivity index is 1.61. The fourth-order valence-corrected chi connectivity index (χ4v) is 2.98. The number of ether oxygens (including phenoxy) is 2. The topological polar surface area (TPSA) is 67.8 Å². The maximum absolute atomic E-state index is 12.6. The van der Waals surface area contributed by atoms with Crippen molar-refractivity contribution >= 4 is 23.0 Å². The highest BCUT2D eigenvalue weighted by Crippen LogP contribution is 2.32. The number of thiazole rings is 1. The van der Waals surface area contributed by atoms with E-state index in [-0.39, 0.29) is 6.54 Å². The van der Waals surface area contributed by atoms with E-state index < -0.39 is 11.9 Å². The Morgan fingerprint density at radius 2 is 2.04 bits per heavy atom. The zero-order valence-electron chi connectivity index (χ0n) is 13.9. The van der Waals surface area contributed by atoms with Crippen LogP contribution in [0.2, 0.25) is 0 Å². The number of guanidine groups is 1. The summed E-state index contributed by atoms with van der Waals surface area (Å²) in [4.78, 5) is 7.64. The van der Waals surface area contributed by atoms with Crippen molar-refractivity contribution in [3.63, 3.8) is 0 Å². The van der Waals surface area contributed by atoms with Crippen LogP contribution in [0.4, 0.5) is 18.9 Å². The monoisotopic (exact) mass is 386 g/mol. The molecule has 0 unspecified atom stereocenters. The number of hydrogen-bond acceptors (Lipinski definition) is 5. The molecule has 0 amide bonds. The number of aromatic nitrogens is 1. The average Bonchev–Trinajstić information content (AvgIpc) is 2.97. The second-order valence-electron chi connectivity index (χ2n) is 5.39. The molecule has 0 saturated heterocycles. The molecule has 2 aromatic rings. The maximum atomic E-state index is 12.6. The third kappa shape index (κ3) is 4.57. The van der Waals surface area contributed by atoms with Crippen LogP contribution in [0.1, 0.15) is 17.1 Å². The first-order valence-corrected chi connectivity index (χ1v) is 8.72. The highest BCUT2D eigenvalue weighted by atomic mass is 32.1. The summed E-state index contributed by atoms with van der Waals surface area (Å²) in [6.45, 7) is 1.32. The summed E-state index contributed by atoms with van der Waals surface area (Å²) in [7, 11) is 1.57. The first kappa shape index (κ1) is 18.3. The van der Waals surface area contributed by atoms with E-state index in [0.29, 0.717) is 35.7 Å². The first-order chi connectivity index (χ1) is 12.5. The molecule has 2 N–H and O–H groups in total. The lowest BCUT2D eigenvalue weighted by molar-refractivity contribution is -0.140. The number of anilines is 1. The lowest BCUT2D eigenvalue weighted by Gasteiger charge is -2.13. The van der Waals surface area contributed by atoms with Crippen LogP contribution in [0, 0.1) is 0 Å². The average molecular weight is 386 g/mol. The number of fused-ring (bicyclic) bond motifs is 1. The number of nitrogens with one attached hydrogen (secondary N) is 2. The number of nitrogens with zero attached hydrogens (tertiary/aromatic N) is 2. The van der Waals surface area contributed by atoms with Crippen LogP contribution < -0.4 is 20.1 Å². The SMILES string of the molecule is CN=C(NCc1nc(C(F)(F)F)cs1)Nc1ccc2c(c1)OCCCO2. The fraction of sp³-hybridized carbons (Fsp3) is 0.375. The minimum Gasteiger partial charge on any atom is -0.490 e. The van der Waals surface area contributed by atoms with E-state index in [1.807, 2.05) is 6.07 Å². The molecule has 2 heterocycles. The Bertz CT molecular complexity index is 792. The van der Waals surface area contributed by atoms with E-state index in [1.54, 1.807) is 19.2 Å². The second-order valence-corrected chi connectivity index (χ2v) is 6.33. The maximum Gasteiger partial charge on any atom is 0.434 e. The van der Waals surface area contributed by atoms with Crippen molar-refractivity contribution in [1.82, 2.24) is 10.3 Å². The smallest absolute Gasteiger partial charge is 0.434 e. The number of halogens is 3. The highest BCUT2D eigenvalue weighted by molar-refractivity contribution is 7.09. The largest absolute Gasteiger partial charge is 0.490 e. The zero-order chi connectivity index (χ0) is 18.6. The molecule has 140 valence electrons. The van der Waals surface area contributed by atoms with Gasteiger partial charge in [-0.1, -0.05) is 0 Å². The number of rotatable bonds is 3. The Hall–Kier alpha value is -2.49. The van der Waals surface area contributed by atoms with E-state index in [9.17, 15) is 13.2 Å². The Kier molecular flexibility index (Phi) is 5.50. The number of benzene rings is 1. The van der Waals surface area contributed by atoms with Crippen LogP contribution in [-0.2, 0) is 12.7 Å². The van der Waals surface area contributed by atoms with E-state index >= 15 is 0 Å². The van der Waals surface area contributed by atoms with Crippen molar-refractivity contribution in [1.29, 1.82) is 0 Å². The van der Waals surface area contributed by atoms with E-state index in [4.69, 9.17) is 9.47 Å². The van der Waals surface area contributed by atoms with Crippen LogP contribution in [0.5, 0.6) is 11.5 Å². The third-order valence-corrected chi connectivity index (χ3v) is 4.33. The van der Waals surface area contributed by atoms with E-state index in [0.717, 1.165) is 28.8 Å². The summed E-state index contributed by atoms with van der Waals surface area (Å²) in [5, 5.41) is 7.32. The lowest BCUT2D eigenvalue weighted by atomic mass is 10.3. The second kappa shape index (κ2) is 7.81. The molecule has 0 fully saturated rings. The Labute approximate surface area is 152 Å². The predicted molar refractivity (Wildman–Crippen MR) is 93.0 cm³/mol. The van der Waals surface area contributed by atoms with Gasteiger partial charge in [-0.3, -0.25) is 4.99 Å². The molecular formula is C16H17F3N4O2S. The van der Waals surface area contributed by atoms with Gasteiger partial charge in [-0.2, -0.15) is 13.2 Å². The number of alkyl halides is 3. The predicted octanol–water partition coefficient (Wildman–Crippen LogP) is 3.51. The van der Waals surface area contributed by atoms with Crippen LogP contribution in [0.3, 0.4) is 0 Å². The van der Waals surface area contributed by atoms with Gasteiger partial charge in [0.1, 0.15) is 5.01 Å². The molecule has 3 rings (SSSR count). The van der Waals surface area contributed by atoms with E-state index in [2.05, 4.69) is 20.6 Å². The van der Waals surface area contributed by atoms with Crippen molar-refractivity contribution in [2.75, 3.05) is 25.6 Å². The van der Waals surface area contributed by atoms with Gasteiger partial charge in [0, 0.05) is 30.6 Å². The van der Waals surface area contributed by atoms with Gasteiger partial charge >= 0.3 is 6.18 Å². The van der Waals surface area contributed by atoms with Crippen LogP contribution in [0.15, 0.2) is 28.6 Å². The molecule has 0 saturated carbocycles. The van der Waals surface area contributed by atoms with E-state index in [1.165, 1.54) is 0 Å². The van der Waals surface area contributed by atoms with Gasteiger partial charge < -0.3 is 20.1 Å². The van der Waals surface area contributed by atoms with Crippen molar-refractivity contribution < 1.29 is 22.6 Å². The Morgan fingerprint density at radius 3 is 2.73 bits per heavy atom. The van der Waals surface area contributed by atoms with Crippen LogP contribution >= 0.6 is 11.3 Å². The molecule has 1 aliphatic rings.